The first kappa shape index (κ1) is 14.0. The molecule has 2 rings (SSSR count). The van der Waals surface area contributed by atoms with Gasteiger partial charge in [-0.25, -0.2) is 0 Å². The summed E-state index contributed by atoms with van der Waals surface area (Å²) in [6.45, 7) is 0. The summed E-state index contributed by atoms with van der Waals surface area (Å²) >= 11 is 6.64. The molecule has 0 spiro atoms. The fourth-order valence-electron chi connectivity index (χ4n) is 1.84. The Labute approximate surface area is 116 Å². The molecule has 0 saturated heterocycles. The fourth-order valence-corrected chi connectivity index (χ4v) is 5.64. The molecule has 0 radical (unpaired) electrons. The third kappa shape index (κ3) is 2.24. The molecule has 98 valence electrons. The van der Waals surface area contributed by atoms with E-state index in [1.54, 1.807) is 0 Å². The lowest BCUT2D eigenvalue weighted by Crippen LogP contribution is -2.28. The molecule has 4 nitrogen and oxygen atoms in total. The molecule has 0 saturated carbocycles. The number of fused-ring (bicyclic) bond motifs is 1. The summed E-state index contributed by atoms with van der Waals surface area (Å²) in [4.78, 5) is 1.49. The molecule has 0 N–H and O–H groups in total. The summed E-state index contributed by atoms with van der Waals surface area (Å²) in [6.07, 6.45) is 0. The second-order valence-corrected chi connectivity index (χ2v) is 8.17. The number of thiocarbonyl (C=S) groups is 1. The van der Waals surface area contributed by atoms with Crippen LogP contribution >= 0.6 is 31.6 Å². The molecule has 1 atom stereocenters. The molecule has 1 aliphatic heterocycles. The van der Waals surface area contributed by atoms with Crippen LogP contribution in [0.15, 0.2) is 24.3 Å². The van der Waals surface area contributed by atoms with Crippen LogP contribution in [-0.2, 0) is 13.6 Å². The summed E-state index contributed by atoms with van der Waals surface area (Å²) in [5, 5.41) is 0. The van der Waals surface area contributed by atoms with E-state index in [1.807, 2.05) is 36.2 Å². The Hall–Kier alpha value is -0.390. The van der Waals surface area contributed by atoms with Crippen molar-refractivity contribution in [3.05, 3.63) is 29.8 Å². The zero-order chi connectivity index (χ0) is 13.3. The quantitative estimate of drug-likeness (QED) is 0.627. The van der Waals surface area contributed by atoms with Crippen LogP contribution in [0.3, 0.4) is 0 Å². The average Bonchev–Trinajstić information content (AvgIpc) is 2.42. The van der Waals surface area contributed by atoms with Gasteiger partial charge in [-0.2, -0.15) is 0 Å². The summed E-state index contributed by atoms with van der Waals surface area (Å²) in [5.74, 6) is 0. The lowest BCUT2D eigenvalue weighted by molar-refractivity contribution is 0.274. The van der Waals surface area contributed by atoms with Crippen molar-refractivity contribution < 1.29 is 13.6 Å². The summed E-state index contributed by atoms with van der Waals surface area (Å²) in [7, 11) is 1.49. The van der Waals surface area contributed by atoms with Gasteiger partial charge in [-0.05, 0) is 6.07 Å². The molecule has 1 aromatic rings. The van der Waals surface area contributed by atoms with Crippen molar-refractivity contribution in [2.24, 2.45) is 0 Å². The van der Waals surface area contributed by atoms with Crippen LogP contribution in [0, 0.1) is 0 Å². The molecule has 1 heterocycles. The van der Waals surface area contributed by atoms with E-state index >= 15 is 0 Å². The van der Waals surface area contributed by atoms with Gasteiger partial charge >= 0.3 is 7.60 Å². The van der Waals surface area contributed by atoms with Crippen LogP contribution in [0.1, 0.15) is 10.6 Å². The number of thioether (sulfide) groups is 1. The smallest absolute Gasteiger partial charge is 0.330 e. The molecule has 1 unspecified atom stereocenters. The third-order valence-corrected chi connectivity index (χ3v) is 7.32. The SMILES string of the molecule is COP(=O)(OC)C1SC(=S)N(C)c2ccccc21. The van der Waals surface area contributed by atoms with Gasteiger partial charge in [0.1, 0.15) is 9.31 Å². The molecule has 18 heavy (non-hydrogen) atoms. The molecule has 0 aliphatic carbocycles. The van der Waals surface area contributed by atoms with Gasteiger partial charge < -0.3 is 13.9 Å². The first-order chi connectivity index (χ1) is 8.53. The van der Waals surface area contributed by atoms with Gasteiger partial charge in [-0.15, -0.1) is 0 Å². The maximum Gasteiger partial charge on any atom is 0.347 e. The molecule has 7 heteroatoms. The van der Waals surface area contributed by atoms with E-state index in [4.69, 9.17) is 21.3 Å². The Kier molecular flexibility index (Phi) is 4.14. The number of para-hydroxylation sites is 1. The maximum atomic E-state index is 12.6. The van der Waals surface area contributed by atoms with E-state index < -0.39 is 12.6 Å². The van der Waals surface area contributed by atoms with E-state index in [9.17, 15) is 4.57 Å². The van der Waals surface area contributed by atoms with Crippen molar-refractivity contribution in [2.75, 3.05) is 26.2 Å². The molecular weight excluding hydrogens is 289 g/mol. The molecule has 0 amide bonds. The predicted molar refractivity (Wildman–Crippen MR) is 79.4 cm³/mol. The van der Waals surface area contributed by atoms with Crippen molar-refractivity contribution >= 4 is 41.6 Å². The van der Waals surface area contributed by atoms with Gasteiger partial charge in [-0.3, -0.25) is 4.57 Å². The van der Waals surface area contributed by atoms with Crippen molar-refractivity contribution in [3.63, 3.8) is 0 Å². The van der Waals surface area contributed by atoms with Crippen molar-refractivity contribution in [1.29, 1.82) is 0 Å². The number of nitrogens with zero attached hydrogens (tertiary/aromatic N) is 1. The number of benzene rings is 1. The number of rotatable bonds is 3. The van der Waals surface area contributed by atoms with Gasteiger partial charge in [0.25, 0.3) is 0 Å². The Morgan fingerprint density at radius 1 is 1.33 bits per heavy atom. The normalized spacial score (nSPS) is 19.8. The second kappa shape index (κ2) is 5.31. The molecule has 0 fully saturated rings. The highest BCUT2D eigenvalue weighted by Crippen LogP contribution is 2.67. The number of anilines is 1. The van der Waals surface area contributed by atoms with Crippen LogP contribution < -0.4 is 4.90 Å². The zero-order valence-corrected chi connectivity index (χ0v) is 12.8. The highest BCUT2D eigenvalue weighted by atomic mass is 32.2. The predicted octanol–water partition coefficient (Wildman–Crippen LogP) is 3.64. The third-order valence-electron chi connectivity index (χ3n) is 2.85. The molecule has 0 bridgehead atoms. The van der Waals surface area contributed by atoms with Gasteiger partial charge in [0.2, 0.25) is 0 Å². The van der Waals surface area contributed by atoms with Crippen LogP contribution in [0.5, 0.6) is 0 Å². The molecular formula is C11H14NO3PS2. The number of hydrogen-bond acceptors (Lipinski definition) is 5. The highest BCUT2D eigenvalue weighted by molar-refractivity contribution is 8.26. The van der Waals surface area contributed by atoms with Crippen LogP contribution in [-0.4, -0.2) is 25.6 Å². The largest absolute Gasteiger partial charge is 0.347 e. The van der Waals surface area contributed by atoms with Gasteiger partial charge in [-0.1, -0.05) is 42.2 Å². The summed E-state index contributed by atoms with van der Waals surface area (Å²) < 4.78 is 23.4. The van der Waals surface area contributed by atoms with E-state index in [2.05, 4.69) is 0 Å². The standard InChI is InChI=1S/C11H14NO3PS2/c1-12-9-7-5-4-6-8(9)10(18-11(12)17)16(13,14-2)15-3/h4-7,10H,1-3H3. The minimum atomic E-state index is -3.20. The van der Waals surface area contributed by atoms with Gasteiger partial charge in [0.05, 0.1) is 0 Å². The monoisotopic (exact) mass is 303 g/mol. The van der Waals surface area contributed by atoms with Crippen LogP contribution in [0.2, 0.25) is 0 Å². The Balaban J connectivity index is 2.55. The zero-order valence-electron chi connectivity index (χ0n) is 10.3. The van der Waals surface area contributed by atoms with Crippen molar-refractivity contribution in [1.82, 2.24) is 0 Å². The van der Waals surface area contributed by atoms with Crippen molar-refractivity contribution in [3.8, 4) is 0 Å². The summed E-state index contributed by atoms with van der Waals surface area (Å²) in [6, 6.07) is 7.71. The Morgan fingerprint density at radius 3 is 2.56 bits per heavy atom. The van der Waals surface area contributed by atoms with Crippen molar-refractivity contribution in [2.45, 2.75) is 4.99 Å². The van der Waals surface area contributed by atoms with Crippen LogP contribution in [0.4, 0.5) is 5.69 Å². The lowest BCUT2D eigenvalue weighted by Gasteiger charge is -2.34. The molecule has 1 aromatic carbocycles. The minimum absolute atomic E-state index is 0.410. The van der Waals surface area contributed by atoms with E-state index in [1.165, 1.54) is 26.0 Å². The van der Waals surface area contributed by atoms with E-state index in [0.29, 0.717) is 4.32 Å². The van der Waals surface area contributed by atoms with E-state index in [0.717, 1.165) is 11.3 Å². The van der Waals surface area contributed by atoms with Gasteiger partial charge in [0.15, 0.2) is 0 Å². The van der Waals surface area contributed by atoms with Gasteiger partial charge in [0, 0.05) is 32.5 Å². The molecule has 1 aliphatic rings. The Bertz CT molecular complexity index is 515. The Morgan fingerprint density at radius 2 is 1.94 bits per heavy atom. The number of hydrogen-bond donors (Lipinski definition) is 0. The highest BCUT2D eigenvalue weighted by Gasteiger charge is 2.42. The second-order valence-electron chi connectivity index (χ2n) is 3.76. The summed E-state index contributed by atoms with van der Waals surface area (Å²) in [5.41, 5.74) is 1.87. The molecule has 0 aromatic heterocycles. The fraction of sp³-hybridized carbons (Fsp3) is 0.364. The topological polar surface area (TPSA) is 38.8 Å². The maximum absolute atomic E-state index is 12.6. The first-order valence-corrected chi connectivity index (χ1v) is 8.18. The minimum Gasteiger partial charge on any atom is -0.330 e. The lowest BCUT2D eigenvalue weighted by atomic mass is 10.2. The van der Waals surface area contributed by atoms with Crippen LogP contribution in [0.25, 0.3) is 0 Å². The first-order valence-electron chi connectivity index (χ1n) is 5.28. The average molecular weight is 303 g/mol. The van der Waals surface area contributed by atoms with E-state index in [-0.39, 0.29) is 0 Å².